The maximum Gasteiger partial charge on any atom is 0.384 e. The van der Waals surface area contributed by atoms with Gasteiger partial charge in [-0.1, -0.05) is 13.3 Å². The molecule has 0 aliphatic carbocycles. The Bertz CT molecular complexity index is 366. The van der Waals surface area contributed by atoms with Crippen LogP contribution < -0.4 is 0 Å². The second-order valence-electron chi connectivity index (χ2n) is 4.71. The molecule has 0 rings (SSSR count). The second kappa shape index (κ2) is 6.40. The van der Waals surface area contributed by atoms with E-state index in [0.29, 0.717) is 0 Å². The van der Waals surface area contributed by atoms with Crippen LogP contribution in [0.5, 0.6) is 0 Å². The normalized spacial score (nSPS) is 15.3. The molecule has 11 heteroatoms. The molecular formula is C11H14F10O. The summed E-state index contributed by atoms with van der Waals surface area (Å²) in [5.41, 5.74) is 0. The Balaban J connectivity index is 5.77. The molecule has 0 aromatic carbocycles. The molecule has 0 bridgehead atoms. The quantitative estimate of drug-likeness (QED) is 0.595. The van der Waals surface area contributed by atoms with Gasteiger partial charge in [0.05, 0.1) is 0 Å². The highest BCUT2D eigenvalue weighted by molar-refractivity contribution is 5.08. The maximum atomic E-state index is 13.2. The summed E-state index contributed by atoms with van der Waals surface area (Å²) < 4.78 is 131. The molecule has 0 aliphatic heterocycles. The van der Waals surface area contributed by atoms with Crippen LogP contribution >= 0.6 is 0 Å². The first-order chi connectivity index (χ1) is 9.62. The van der Waals surface area contributed by atoms with Gasteiger partial charge in [-0.25, -0.2) is 0 Å². The lowest BCUT2D eigenvalue weighted by molar-refractivity contribution is -0.402. The van der Waals surface area contributed by atoms with E-state index < -0.39 is 61.9 Å². The minimum Gasteiger partial charge on any atom is -0.396 e. The van der Waals surface area contributed by atoms with Crippen LogP contribution in [-0.2, 0) is 0 Å². The van der Waals surface area contributed by atoms with Crippen LogP contribution in [0.2, 0.25) is 0 Å². The Kier molecular flexibility index (Phi) is 6.19. The molecule has 22 heavy (non-hydrogen) atoms. The van der Waals surface area contributed by atoms with Crippen molar-refractivity contribution in [3.05, 3.63) is 0 Å². The van der Waals surface area contributed by atoms with E-state index in [-0.39, 0.29) is 0 Å². The standard InChI is InChI=1S/C11H14F10O/c1-2-4-7(12,13)9(16,17)11(20,21)10(18,19)8(14,15)5-3-6-22/h22H,2-6H2,1H3. The SMILES string of the molecule is CCCC(F)(F)C(F)(F)C(F)(F)C(F)(F)C(F)(F)CCCO. The van der Waals surface area contributed by atoms with Crippen molar-refractivity contribution in [3.63, 3.8) is 0 Å². The Labute approximate surface area is 119 Å². The highest BCUT2D eigenvalue weighted by Gasteiger charge is 2.85. The first kappa shape index (κ1) is 21.3. The number of hydrogen-bond donors (Lipinski definition) is 1. The van der Waals surface area contributed by atoms with Gasteiger partial charge in [-0.3, -0.25) is 0 Å². The highest BCUT2D eigenvalue weighted by Crippen LogP contribution is 2.58. The average molecular weight is 352 g/mol. The number of aliphatic hydroxyl groups excluding tert-OH is 1. The summed E-state index contributed by atoms with van der Waals surface area (Å²) >= 11 is 0. The van der Waals surface area contributed by atoms with E-state index in [4.69, 9.17) is 5.11 Å². The molecule has 0 aromatic heterocycles. The molecule has 134 valence electrons. The van der Waals surface area contributed by atoms with Gasteiger partial charge in [0, 0.05) is 19.4 Å². The first-order valence-electron chi connectivity index (χ1n) is 6.12. The molecule has 0 saturated carbocycles. The Morgan fingerprint density at radius 2 is 1.00 bits per heavy atom. The number of rotatable bonds is 9. The lowest BCUT2D eigenvalue weighted by Gasteiger charge is -2.39. The average Bonchev–Trinajstić information content (AvgIpc) is 2.35. The van der Waals surface area contributed by atoms with E-state index in [1.807, 2.05) is 0 Å². The van der Waals surface area contributed by atoms with Crippen LogP contribution in [0.25, 0.3) is 0 Å². The van der Waals surface area contributed by atoms with Gasteiger partial charge in [0.1, 0.15) is 0 Å². The van der Waals surface area contributed by atoms with Gasteiger partial charge in [0.2, 0.25) is 0 Å². The van der Waals surface area contributed by atoms with Gasteiger partial charge in [0.15, 0.2) is 0 Å². The summed E-state index contributed by atoms with van der Waals surface area (Å²) in [6, 6.07) is 0. The first-order valence-corrected chi connectivity index (χ1v) is 6.12. The molecule has 1 N–H and O–H groups in total. The zero-order chi connectivity index (χ0) is 18.0. The Morgan fingerprint density at radius 3 is 1.32 bits per heavy atom. The molecule has 0 spiro atoms. The third kappa shape index (κ3) is 3.28. The zero-order valence-corrected chi connectivity index (χ0v) is 11.3. The molecule has 0 atom stereocenters. The summed E-state index contributed by atoms with van der Waals surface area (Å²) in [5.74, 6) is -31.7. The fourth-order valence-electron chi connectivity index (χ4n) is 1.59. The lowest BCUT2D eigenvalue weighted by Crippen LogP contribution is -2.67. The van der Waals surface area contributed by atoms with Crippen molar-refractivity contribution in [2.24, 2.45) is 0 Å². The van der Waals surface area contributed by atoms with E-state index >= 15 is 0 Å². The summed E-state index contributed by atoms with van der Waals surface area (Å²) in [5, 5.41) is 8.22. The molecule has 0 radical (unpaired) electrons. The van der Waals surface area contributed by atoms with Gasteiger partial charge in [-0.15, -0.1) is 0 Å². The van der Waals surface area contributed by atoms with E-state index in [1.54, 1.807) is 0 Å². The molecule has 0 unspecified atom stereocenters. The maximum absolute atomic E-state index is 13.2. The fourth-order valence-corrected chi connectivity index (χ4v) is 1.59. The van der Waals surface area contributed by atoms with Crippen molar-refractivity contribution in [2.75, 3.05) is 6.61 Å². The monoisotopic (exact) mass is 352 g/mol. The van der Waals surface area contributed by atoms with Gasteiger partial charge < -0.3 is 5.11 Å². The molecule has 0 amide bonds. The van der Waals surface area contributed by atoms with Crippen LogP contribution in [-0.4, -0.2) is 41.3 Å². The summed E-state index contributed by atoms with van der Waals surface area (Å²) in [6.07, 6.45) is -5.81. The minimum atomic E-state index is -6.99. The smallest absolute Gasteiger partial charge is 0.384 e. The third-order valence-corrected chi connectivity index (χ3v) is 2.92. The van der Waals surface area contributed by atoms with E-state index in [2.05, 4.69) is 0 Å². The van der Waals surface area contributed by atoms with Crippen LogP contribution in [0, 0.1) is 0 Å². The van der Waals surface area contributed by atoms with E-state index in [1.165, 1.54) is 0 Å². The van der Waals surface area contributed by atoms with Crippen LogP contribution in [0.4, 0.5) is 43.9 Å². The van der Waals surface area contributed by atoms with Crippen molar-refractivity contribution < 1.29 is 49.0 Å². The Morgan fingerprint density at radius 1 is 0.636 bits per heavy atom. The van der Waals surface area contributed by atoms with Crippen molar-refractivity contribution in [3.8, 4) is 0 Å². The highest BCUT2D eigenvalue weighted by atomic mass is 19.4. The van der Waals surface area contributed by atoms with Crippen molar-refractivity contribution >= 4 is 0 Å². The number of halogens is 10. The Hall–Kier alpha value is -0.740. The molecule has 1 nitrogen and oxygen atoms in total. The predicted molar refractivity (Wildman–Crippen MR) is 56.0 cm³/mol. The molecule has 0 fully saturated rings. The molecule has 0 aliphatic rings. The third-order valence-electron chi connectivity index (χ3n) is 2.92. The molecular weight excluding hydrogens is 338 g/mol. The number of hydrogen-bond acceptors (Lipinski definition) is 1. The van der Waals surface area contributed by atoms with Crippen molar-refractivity contribution in [2.45, 2.75) is 62.2 Å². The minimum absolute atomic E-state index is 0.759. The summed E-state index contributed by atoms with van der Waals surface area (Å²) in [6.45, 7) is -0.199. The number of aliphatic hydroxyl groups is 1. The van der Waals surface area contributed by atoms with E-state index in [0.717, 1.165) is 6.92 Å². The van der Waals surface area contributed by atoms with Gasteiger partial charge in [-0.2, -0.15) is 43.9 Å². The predicted octanol–water partition coefficient (Wildman–Crippen LogP) is 4.74. The fraction of sp³-hybridized carbons (Fsp3) is 1.00. The van der Waals surface area contributed by atoms with Crippen molar-refractivity contribution in [1.82, 2.24) is 0 Å². The van der Waals surface area contributed by atoms with Gasteiger partial charge in [-0.05, 0) is 6.42 Å². The van der Waals surface area contributed by atoms with E-state index in [9.17, 15) is 43.9 Å². The van der Waals surface area contributed by atoms with Crippen molar-refractivity contribution in [1.29, 1.82) is 0 Å². The molecule has 0 saturated heterocycles. The van der Waals surface area contributed by atoms with Gasteiger partial charge >= 0.3 is 29.6 Å². The topological polar surface area (TPSA) is 20.2 Å². The van der Waals surface area contributed by atoms with Crippen LogP contribution in [0.1, 0.15) is 32.6 Å². The van der Waals surface area contributed by atoms with Crippen LogP contribution in [0.15, 0.2) is 0 Å². The van der Waals surface area contributed by atoms with Gasteiger partial charge in [0.25, 0.3) is 0 Å². The summed E-state index contributed by atoms with van der Waals surface area (Å²) in [7, 11) is 0. The molecule has 0 heterocycles. The molecule has 0 aromatic rings. The number of alkyl halides is 10. The zero-order valence-electron chi connectivity index (χ0n) is 11.3. The van der Waals surface area contributed by atoms with Crippen LogP contribution in [0.3, 0.4) is 0 Å². The lowest BCUT2D eigenvalue weighted by atomic mass is 9.91. The second-order valence-corrected chi connectivity index (χ2v) is 4.71. The largest absolute Gasteiger partial charge is 0.396 e. The summed E-state index contributed by atoms with van der Waals surface area (Å²) in [4.78, 5) is 0.